The van der Waals surface area contributed by atoms with Crippen molar-refractivity contribution in [3.05, 3.63) is 12.7 Å². The Morgan fingerprint density at radius 1 is 1.62 bits per heavy atom. The monoisotopic (exact) mass is 226 g/mol. The Labute approximate surface area is 95.1 Å². The van der Waals surface area contributed by atoms with Gasteiger partial charge in [-0.25, -0.2) is 4.79 Å². The maximum Gasteiger partial charge on any atom is 0.317 e. The number of aliphatic carboxylic acids is 1. The second-order valence-electron chi connectivity index (χ2n) is 4.10. The summed E-state index contributed by atoms with van der Waals surface area (Å²) in [6, 6.07) is 0.105. The van der Waals surface area contributed by atoms with Gasteiger partial charge in [-0.2, -0.15) is 0 Å². The number of urea groups is 1. The van der Waals surface area contributed by atoms with Crippen LogP contribution < -0.4 is 5.32 Å². The van der Waals surface area contributed by atoms with Gasteiger partial charge in [0.2, 0.25) is 0 Å². The topological polar surface area (TPSA) is 69.6 Å². The second-order valence-corrected chi connectivity index (χ2v) is 4.10. The lowest BCUT2D eigenvalue weighted by atomic mass is 10.2. The van der Waals surface area contributed by atoms with Crippen LogP contribution in [0.25, 0.3) is 0 Å². The Kier molecular flexibility index (Phi) is 4.34. The summed E-state index contributed by atoms with van der Waals surface area (Å²) < 4.78 is 0. The SMILES string of the molecule is C=CCN(C(=O)NCC(C)C(=O)O)C1CC1. The highest BCUT2D eigenvalue weighted by Crippen LogP contribution is 2.26. The number of hydrogen-bond donors (Lipinski definition) is 2. The van der Waals surface area contributed by atoms with Gasteiger partial charge in [0.1, 0.15) is 0 Å². The molecule has 0 heterocycles. The molecule has 1 aliphatic rings. The molecule has 0 aromatic rings. The van der Waals surface area contributed by atoms with E-state index in [4.69, 9.17) is 5.11 Å². The molecule has 0 saturated heterocycles. The van der Waals surface area contributed by atoms with Crippen molar-refractivity contribution in [3.8, 4) is 0 Å². The van der Waals surface area contributed by atoms with E-state index in [1.54, 1.807) is 17.9 Å². The summed E-state index contributed by atoms with van der Waals surface area (Å²) in [5.41, 5.74) is 0. The average molecular weight is 226 g/mol. The minimum atomic E-state index is -0.901. The number of carboxylic acid groups (broad SMARTS) is 1. The molecule has 1 unspecified atom stereocenters. The summed E-state index contributed by atoms with van der Waals surface area (Å²) in [6.45, 7) is 5.84. The average Bonchev–Trinajstić information content (AvgIpc) is 3.05. The van der Waals surface area contributed by atoms with E-state index in [9.17, 15) is 9.59 Å². The molecule has 1 atom stereocenters. The lowest BCUT2D eigenvalue weighted by molar-refractivity contribution is -0.140. The molecule has 1 saturated carbocycles. The van der Waals surface area contributed by atoms with Crippen LogP contribution in [0, 0.1) is 5.92 Å². The zero-order valence-corrected chi connectivity index (χ0v) is 9.48. The summed E-state index contributed by atoms with van der Waals surface area (Å²) in [5.74, 6) is -1.46. The molecule has 1 fully saturated rings. The molecular formula is C11H18N2O3. The van der Waals surface area contributed by atoms with Crippen molar-refractivity contribution in [2.75, 3.05) is 13.1 Å². The lowest BCUT2D eigenvalue weighted by Crippen LogP contribution is -2.43. The van der Waals surface area contributed by atoms with Gasteiger partial charge >= 0.3 is 12.0 Å². The predicted molar refractivity (Wildman–Crippen MR) is 60.1 cm³/mol. The molecule has 5 nitrogen and oxygen atoms in total. The van der Waals surface area contributed by atoms with Crippen LogP contribution in [-0.2, 0) is 4.79 Å². The molecule has 1 rings (SSSR count). The minimum absolute atomic E-state index is 0.161. The Morgan fingerprint density at radius 2 is 2.25 bits per heavy atom. The fraction of sp³-hybridized carbons (Fsp3) is 0.636. The maximum absolute atomic E-state index is 11.7. The molecule has 5 heteroatoms. The molecule has 0 aliphatic heterocycles. The predicted octanol–water partition coefficient (Wildman–Crippen LogP) is 1.07. The molecule has 0 aromatic heterocycles. The van der Waals surface area contributed by atoms with Gasteiger partial charge in [-0.3, -0.25) is 4.79 Å². The smallest absolute Gasteiger partial charge is 0.317 e. The van der Waals surface area contributed by atoms with Crippen LogP contribution in [0.3, 0.4) is 0 Å². The first-order chi connectivity index (χ1) is 7.56. The van der Waals surface area contributed by atoms with Crippen LogP contribution in [0.5, 0.6) is 0 Å². The highest BCUT2D eigenvalue weighted by molar-refractivity contribution is 5.76. The van der Waals surface area contributed by atoms with Gasteiger partial charge in [0.15, 0.2) is 0 Å². The maximum atomic E-state index is 11.7. The van der Waals surface area contributed by atoms with Crippen molar-refractivity contribution < 1.29 is 14.7 Å². The summed E-state index contributed by atoms with van der Waals surface area (Å²) in [5, 5.41) is 11.3. The lowest BCUT2D eigenvalue weighted by Gasteiger charge is -2.21. The van der Waals surface area contributed by atoms with Crippen molar-refractivity contribution >= 4 is 12.0 Å². The third-order valence-corrected chi connectivity index (χ3v) is 2.56. The fourth-order valence-electron chi connectivity index (χ4n) is 1.35. The number of carbonyl (C=O) groups excluding carboxylic acids is 1. The molecule has 0 bridgehead atoms. The van der Waals surface area contributed by atoms with Crippen molar-refractivity contribution in [1.82, 2.24) is 10.2 Å². The number of hydrogen-bond acceptors (Lipinski definition) is 2. The first-order valence-electron chi connectivity index (χ1n) is 5.44. The van der Waals surface area contributed by atoms with Gasteiger partial charge < -0.3 is 15.3 Å². The van der Waals surface area contributed by atoms with E-state index in [2.05, 4.69) is 11.9 Å². The van der Waals surface area contributed by atoms with Gasteiger partial charge in [-0.1, -0.05) is 13.0 Å². The number of nitrogens with zero attached hydrogens (tertiary/aromatic N) is 1. The van der Waals surface area contributed by atoms with E-state index in [-0.39, 0.29) is 12.6 Å². The Bertz CT molecular complexity index is 287. The zero-order chi connectivity index (χ0) is 12.1. The Morgan fingerprint density at radius 3 is 2.69 bits per heavy atom. The third kappa shape index (κ3) is 3.56. The van der Waals surface area contributed by atoms with Crippen LogP contribution >= 0.6 is 0 Å². The Hall–Kier alpha value is -1.52. The van der Waals surface area contributed by atoms with E-state index in [0.29, 0.717) is 12.6 Å². The van der Waals surface area contributed by atoms with Gasteiger partial charge in [0, 0.05) is 19.1 Å². The summed E-state index contributed by atoms with van der Waals surface area (Å²) >= 11 is 0. The molecule has 2 N–H and O–H groups in total. The summed E-state index contributed by atoms with van der Waals surface area (Å²) in [4.78, 5) is 24.0. The van der Waals surface area contributed by atoms with Crippen LogP contribution in [0.2, 0.25) is 0 Å². The molecule has 90 valence electrons. The fourth-order valence-corrected chi connectivity index (χ4v) is 1.35. The minimum Gasteiger partial charge on any atom is -0.481 e. The first-order valence-corrected chi connectivity index (χ1v) is 5.44. The summed E-state index contributed by atoms with van der Waals surface area (Å²) in [7, 11) is 0. The van der Waals surface area contributed by atoms with E-state index in [1.807, 2.05) is 0 Å². The van der Waals surface area contributed by atoms with Crippen molar-refractivity contribution in [3.63, 3.8) is 0 Å². The highest BCUT2D eigenvalue weighted by Gasteiger charge is 2.31. The number of amides is 2. The molecule has 16 heavy (non-hydrogen) atoms. The molecule has 0 aromatic carbocycles. The first kappa shape index (κ1) is 12.5. The standard InChI is InChI=1S/C11H18N2O3/c1-3-6-13(9-4-5-9)11(16)12-7-8(2)10(14)15/h3,8-9H,1,4-7H2,2H3,(H,12,16)(H,14,15). The van der Waals surface area contributed by atoms with Crippen LogP contribution in [0.15, 0.2) is 12.7 Å². The van der Waals surface area contributed by atoms with Crippen LogP contribution in [0.4, 0.5) is 4.79 Å². The molecule has 2 amide bonds. The van der Waals surface area contributed by atoms with Crippen molar-refractivity contribution in [1.29, 1.82) is 0 Å². The van der Waals surface area contributed by atoms with E-state index >= 15 is 0 Å². The number of rotatable bonds is 6. The van der Waals surface area contributed by atoms with Gasteiger partial charge in [-0.05, 0) is 12.8 Å². The van der Waals surface area contributed by atoms with Crippen molar-refractivity contribution in [2.45, 2.75) is 25.8 Å². The molecular weight excluding hydrogens is 208 g/mol. The number of carboxylic acids is 1. The molecule has 1 aliphatic carbocycles. The zero-order valence-electron chi connectivity index (χ0n) is 9.48. The largest absolute Gasteiger partial charge is 0.481 e. The van der Waals surface area contributed by atoms with Crippen LogP contribution in [-0.4, -0.2) is 41.1 Å². The van der Waals surface area contributed by atoms with E-state index in [1.165, 1.54) is 0 Å². The molecule has 0 spiro atoms. The van der Waals surface area contributed by atoms with Gasteiger partial charge in [0.05, 0.1) is 5.92 Å². The Balaban J connectivity index is 2.37. The summed E-state index contributed by atoms with van der Waals surface area (Å²) in [6.07, 6.45) is 3.73. The number of nitrogens with one attached hydrogen (secondary N) is 1. The quantitative estimate of drug-likeness (QED) is 0.665. The highest BCUT2D eigenvalue weighted by atomic mass is 16.4. The van der Waals surface area contributed by atoms with E-state index in [0.717, 1.165) is 12.8 Å². The number of carbonyl (C=O) groups is 2. The van der Waals surface area contributed by atoms with Crippen molar-refractivity contribution in [2.24, 2.45) is 5.92 Å². The second kappa shape index (κ2) is 5.53. The van der Waals surface area contributed by atoms with Crippen LogP contribution in [0.1, 0.15) is 19.8 Å². The van der Waals surface area contributed by atoms with Gasteiger partial charge in [0.25, 0.3) is 0 Å². The molecule has 0 radical (unpaired) electrons. The third-order valence-electron chi connectivity index (χ3n) is 2.56. The normalized spacial score (nSPS) is 16.3. The van der Waals surface area contributed by atoms with E-state index < -0.39 is 11.9 Å². The van der Waals surface area contributed by atoms with Gasteiger partial charge in [-0.15, -0.1) is 6.58 Å².